The standard InChI is InChI=1S/C25H28N2O3S/c1-4-23(27(31(3,29)30)22-17-11-12-19(2)18-22)25(28)26-24(20-13-7-5-8-14-20)21-15-9-6-10-16-21/h5-18,23-24H,4H2,1-3H3,(H,26,28)/t23-/m0/s1. The number of carbonyl (C=O) groups is 1. The van der Waals surface area contributed by atoms with Crippen molar-refractivity contribution in [1.82, 2.24) is 5.32 Å². The first kappa shape index (κ1) is 22.6. The van der Waals surface area contributed by atoms with E-state index in [0.29, 0.717) is 12.1 Å². The average molecular weight is 437 g/mol. The molecule has 0 spiro atoms. The Morgan fingerprint density at radius 3 is 1.90 bits per heavy atom. The number of hydrogen-bond donors (Lipinski definition) is 1. The molecule has 0 bridgehead atoms. The predicted molar refractivity (Wildman–Crippen MR) is 125 cm³/mol. The summed E-state index contributed by atoms with van der Waals surface area (Å²) in [6.07, 6.45) is 1.47. The fraction of sp³-hybridized carbons (Fsp3) is 0.240. The molecule has 1 amide bonds. The van der Waals surface area contributed by atoms with Crippen LogP contribution in [0.5, 0.6) is 0 Å². The van der Waals surface area contributed by atoms with Gasteiger partial charge in [0.15, 0.2) is 0 Å². The van der Waals surface area contributed by atoms with E-state index in [1.807, 2.05) is 80.6 Å². The second kappa shape index (κ2) is 9.79. The van der Waals surface area contributed by atoms with Crippen molar-refractivity contribution >= 4 is 21.6 Å². The molecule has 0 heterocycles. The molecule has 0 unspecified atom stereocenters. The van der Waals surface area contributed by atoms with Crippen molar-refractivity contribution in [2.45, 2.75) is 32.4 Å². The summed E-state index contributed by atoms with van der Waals surface area (Å²) >= 11 is 0. The van der Waals surface area contributed by atoms with Crippen LogP contribution < -0.4 is 9.62 Å². The minimum Gasteiger partial charge on any atom is -0.343 e. The Labute approximate surface area is 184 Å². The molecule has 0 aromatic heterocycles. The molecule has 0 aliphatic heterocycles. The van der Waals surface area contributed by atoms with Crippen LogP contribution >= 0.6 is 0 Å². The van der Waals surface area contributed by atoms with Crippen molar-refractivity contribution in [3.05, 3.63) is 102 Å². The average Bonchev–Trinajstić information content (AvgIpc) is 2.75. The van der Waals surface area contributed by atoms with Crippen LogP contribution in [0.25, 0.3) is 0 Å². The van der Waals surface area contributed by atoms with Gasteiger partial charge in [-0.3, -0.25) is 9.10 Å². The van der Waals surface area contributed by atoms with Crippen LogP contribution in [0.3, 0.4) is 0 Å². The highest BCUT2D eigenvalue weighted by atomic mass is 32.2. The Morgan fingerprint density at radius 2 is 1.45 bits per heavy atom. The lowest BCUT2D eigenvalue weighted by molar-refractivity contribution is -0.122. The molecular weight excluding hydrogens is 408 g/mol. The molecule has 0 saturated carbocycles. The molecule has 0 fully saturated rings. The number of amides is 1. The lowest BCUT2D eigenvalue weighted by Crippen LogP contribution is -2.50. The van der Waals surface area contributed by atoms with Gasteiger partial charge in [-0.2, -0.15) is 0 Å². The van der Waals surface area contributed by atoms with Gasteiger partial charge < -0.3 is 5.32 Å². The Balaban J connectivity index is 1.99. The minimum absolute atomic E-state index is 0.336. The third-order valence-electron chi connectivity index (χ3n) is 5.14. The van der Waals surface area contributed by atoms with E-state index in [2.05, 4.69) is 5.32 Å². The van der Waals surface area contributed by atoms with Crippen LogP contribution in [0.4, 0.5) is 5.69 Å². The molecule has 0 aliphatic rings. The van der Waals surface area contributed by atoms with Crippen molar-refractivity contribution in [1.29, 1.82) is 0 Å². The molecule has 0 aliphatic carbocycles. The molecular formula is C25H28N2O3S. The number of anilines is 1. The molecule has 0 radical (unpaired) electrons. The lowest BCUT2D eigenvalue weighted by Gasteiger charge is -2.32. The summed E-state index contributed by atoms with van der Waals surface area (Å²) in [5.74, 6) is -0.341. The van der Waals surface area contributed by atoms with Crippen LogP contribution in [-0.4, -0.2) is 26.6 Å². The van der Waals surface area contributed by atoms with Gasteiger partial charge >= 0.3 is 0 Å². The largest absolute Gasteiger partial charge is 0.343 e. The van der Waals surface area contributed by atoms with Crippen molar-refractivity contribution in [3.8, 4) is 0 Å². The minimum atomic E-state index is -3.68. The molecule has 3 aromatic rings. The SMILES string of the molecule is CC[C@@H](C(=O)NC(c1ccccc1)c1ccccc1)N(c1cccc(C)c1)S(C)(=O)=O. The molecule has 0 saturated heterocycles. The number of aryl methyl sites for hydroxylation is 1. The molecule has 5 nitrogen and oxygen atoms in total. The quantitative estimate of drug-likeness (QED) is 0.567. The zero-order chi connectivity index (χ0) is 22.4. The van der Waals surface area contributed by atoms with Gasteiger partial charge in [0.25, 0.3) is 0 Å². The van der Waals surface area contributed by atoms with Crippen molar-refractivity contribution in [2.24, 2.45) is 0 Å². The fourth-order valence-electron chi connectivity index (χ4n) is 3.71. The molecule has 31 heavy (non-hydrogen) atoms. The molecule has 1 atom stereocenters. The van der Waals surface area contributed by atoms with E-state index in [-0.39, 0.29) is 11.9 Å². The second-order valence-electron chi connectivity index (χ2n) is 7.58. The van der Waals surface area contributed by atoms with E-state index in [1.165, 1.54) is 4.31 Å². The predicted octanol–water partition coefficient (Wildman–Crippen LogP) is 4.45. The highest BCUT2D eigenvalue weighted by Crippen LogP contribution is 2.26. The Bertz CT molecular complexity index is 1080. The van der Waals surface area contributed by atoms with Gasteiger partial charge in [-0.25, -0.2) is 8.42 Å². The van der Waals surface area contributed by atoms with E-state index in [0.717, 1.165) is 22.9 Å². The highest BCUT2D eigenvalue weighted by molar-refractivity contribution is 7.92. The number of nitrogens with zero attached hydrogens (tertiary/aromatic N) is 1. The first-order valence-electron chi connectivity index (χ1n) is 10.3. The number of rotatable bonds is 8. The smallest absolute Gasteiger partial charge is 0.244 e. The number of hydrogen-bond acceptors (Lipinski definition) is 3. The monoisotopic (exact) mass is 436 g/mol. The normalized spacial score (nSPS) is 12.4. The topological polar surface area (TPSA) is 66.5 Å². The summed E-state index contributed by atoms with van der Waals surface area (Å²) in [6.45, 7) is 3.71. The van der Waals surface area contributed by atoms with Gasteiger partial charge in [0, 0.05) is 0 Å². The van der Waals surface area contributed by atoms with Crippen LogP contribution in [0.1, 0.15) is 36.1 Å². The molecule has 6 heteroatoms. The maximum atomic E-state index is 13.5. The number of benzene rings is 3. The van der Waals surface area contributed by atoms with Crippen molar-refractivity contribution < 1.29 is 13.2 Å². The molecule has 3 aromatic carbocycles. The van der Waals surface area contributed by atoms with E-state index in [4.69, 9.17) is 0 Å². The van der Waals surface area contributed by atoms with Crippen LogP contribution in [0, 0.1) is 6.92 Å². The third-order valence-corrected chi connectivity index (χ3v) is 6.32. The summed E-state index contributed by atoms with van der Waals surface area (Å²) in [7, 11) is -3.68. The zero-order valence-corrected chi connectivity index (χ0v) is 18.8. The summed E-state index contributed by atoms with van der Waals surface area (Å²) in [4.78, 5) is 13.5. The maximum Gasteiger partial charge on any atom is 0.244 e. The fourth-order valence-corrected chi connectivity index (χ4v) is 4.92. The van der Waals surface area contributed by atoms with Gasteiger partial charge in [0.1, 0.15) is 6.04 Å². The zero-order valence-electron chi connectivity index (χ0n) is 18.0. The molecule has 1 N–H and O–H groups in total. The maximum absolute atomic E-state index is 13.5. The van der Waals surface area contributed by atoms with Crippen LogP contribution in [-0.2, 0) is 14.8 Å². The van der Waals surface area contributed by atoms with Crippen LogP contribution in [0.2, 0.25) is 0 Å². The van der Waals surface area contributed by atoms with Crippen molar-refractivity contribution in [2.75, 3.05) is 10.6 Å². The van der Waals surface area contributed by atoms with Gasteiger partial charge in [-0.05, 0) is 42.2 Å². The summed E-state index contributed by atoms with van der Waals surface area (Å²) in [6, 6.07) is 25.3. The molecule has 162 valence electrons. The summed E-state index contributed by atoms with van der Waals surface area (Å²) in [5.41, 5.74) is 3.27. The Hall–Kier alpha value is -3.12. The first-order chi connectivity index (χ1) is 14.8. The van der Waals surface area contributed by atoms with Crippen molar-refractivity contribution in [3.63, 3.8) is 0 Å². The molecule has 3 rings (SSSR count). The number of carbonyl (C=O) groups excluding carboxylic acids is 1. The first-order valence-corrected chi connectivity index (χ1v) is 12.1. The van der Waals surface area contributed by atoms with E-state index >= 15 is 0 Å². The third kappa shape index (κ3) is 5.52. The second-order valence-corrected chi connectivity index (χ2v) is 9.44. The van der Waals surface area contributed by atoms with E-state index < -0.39 is 16.1 Å². The van der Waals surface area contributed by atoms with Crippen LogP contribution in [0.15, 0.2) is 84.9 Å². The van der Waals surface area contributed by atoms with E-state index in [1.54, 1.807) is 18.2 Å². The summed E-state index contributed by atoms with van der Waals surface area (Å²) in [5, 5.41) is 3.09. The van der Waals surface area contributed by atoms with Gasteiger partial charge in [0.2, 0.25) is 15.9 Å². The number of sulfonamides is 1. The Kier molecular flexibility index (Phi) is 7.13. The van der Waals surface area contributed by atoms with E-state index in [9.17, 15) is 13.2 Å². The van der Waals surface area contributed by atoms with Gasteiger partial charge in [-0.1, -0.05) is 79.7 Å². The van der Waals surface area contributed by atoms with Gasteiger partial charge in [-0.15, -0.1) is 0 Å². The number of nitrogens with one attached hydrogen (secondary N) is 1. The lowest BCUT2D eigenvalue weighted by atomic mass is 9.98. The van der Waals surface area contributed by atoms with Gasteiger partial charge in [0.05, 0.1) is 18.0 Å². The highest BCUT2D eigenvalue weighted by Gasteiger charge is 2.33. The Morgan fingerprint density at radius 1 is 0.903 bits per heavy atom. The summed E-state index contributed by atoms with van der Waals surface area (Å²) < 4.78 is 26.7.